The summed E-state index contributed by atoms with van der Waals surface area (Å²) in [6.45, 7) is 3.76. The van der Waals surface area contributed by atoms with Crippen LogP contribution < -0.4 is 4.72 Å². The molecule has 0 heterocycles. The highest BCUT2D eigenvalue weighted by atomic mass is 32.2. The maximum atomic E-state index is 11.6. The lowest BCUT2D eigenvalue weighted by atomic mass is 9.83. The zero-order valence-electron chi connectivity index (χ0n) is 10.3. The Bertz CT molecular complexity index is 358. The van der Waals surface area contributed by atoms with Gasteiger partial charge >= 0.3 is 5.97 Å². The van der Waals surface area contributed by atoms with E-state index in [1.807, 2.05) is 0 Å². The first-order valence-electron chi connectivity index (χ1n) is 6.04. The van der Waals surface area contributed by atoms with Gasteiger partial charge in [0.05, 0.1) is 0 Å². The van der Waals surface area contributed by atoms with Gasteiger partial charge in [0.15, 0.2) is 5.25 Å². The van der Waals surface area contributed by atoms with Crippen LogP contribution in [0.2, 0.25) is 0 Å². The second-order valence-corrected chi connectivity index (χ2v) is 7.09. The van der Waals surface area contributed by atoms with Gasteiger partial charge in [-0.2, -0.15) is 0 Å². The smallest absolute Gasteiger partial charge is 0.323 e. The largest absolute Gasteiger partial charge is 0.480 e. The molecule has 1 aliphatic rings. The number of hydrogen-bond donors (Lipinski definition) is 2. The van der Waals surface area contributed by atoms with Crippen molar-refractivity contribution in [1.29, 1.82) is 0 Å². The van der Waals surface area contributed by atoms with Crippen molar-refractivity contribution in [2.24, 2.45) is 11.8 Å². The van der Waals surface area contributed by atoms with E-state index >= 15 is 0 Å². The normalized spacial score (nSPS) is 27.6. The molecule has 1 fully saturated rings. The minimum atomic E-state index is -3.72. The van der Waals surface area contributed by atoms with Crippen LogP contribution in [0.1, 0.15) is 39.5 Å². The summed E-state index contributed by atoms with van der Waals surface area (Å²) in [7, 11) is -3.72. The van der Waals surface area contributed by atoms with E-state index in [0.29, 0.717) is 12.5 Å². The predicted octanol–water partition coefficient (Wildman–Crippen LogP) is 1.21. The van der Waals surface area contributed by atoms with Crippen molar-refractivity contribution in [2.75, 3.05) is 6.54 Å². The van der Waals surface area contributed by atoms with Crippen molar-refractivity contribution in [3.63, 3.8) is 0 Å². The van der Waals surface area contributed by atoms with Gasteiger partial charge in [0, 0.05) is 6.54 Å². The molecule has 0 amide bonds. The number of aliphatic carboxylic acids is 1. The molecule has 1 rings (SSSR count). The molecule has 0 saturated heterocycles. The van der Waals surface area contributed by atoms with Crippen LogP contribution >= 0.6 is 0 Å². The summed E-state index contributed by atoms with van der Waals surface area (Å²) in [5.41, 5.74) is 0. The minimum absolute atomic E-state index is 0.349. The summed E-state index contributed by atoms with van der Waals surface area (Å²) < 4.78 is 25.6. The highest BCUT2D eigenvalue weighted by Crippen LogP contribution is 2.27. The summed E-state index contributed by atoms with van der Waals surface area (Å²) in [5, 5.41) is 7.29. The van der Waals surface area contributed by atoms with Crippen molar-refractivity contribution in [1.82, 2.24) is 4.72 Å². The first-order chi connectivity index (χ1) is 7.83. The lowest BCUT2D eigenvalue weighted by Gasteiger charge is -2.26. The number of carboxylic acids is 1. The first-order valence-corrected chi connectivity index (χ1v) is 7.59. The van der Waals surface area contributed by atoms with Gasteiger partial charge < -0.3 is 5.11 Å². The van der Waals surface area contributed by atoms with Crippen LogP contribution in [-0.2, 0) is 14.8 Å². The molecule has 6 heteroatoms. The molecule has 1 aliphatic carbocycles. The number of rotatable bonds is 5. The number of hydrogen-bond acceptors (Lipinski definition) is 3. The summed E-state index contributed by atoms with van der Waals surface area (Å²) in [6, 6.07) is 0. The third-order valence-corrected chi connectivity index (χ3v) is 5.22. The van der Waals surface area contributed by atoms with E-state index in [2.05, 4.69) is 11.6 Å². The highest BCUT2D eigenvalue weighted by Gasteiger charge is 2.28. The van der Waals surface area contributed by atoms with Gasteiger partial charge in [0.2, 0.25) is 10.0 Å². The molecule has 2 N–H and O–H groups in total. The maximum Gasteiger partial charge on any atom is 0.323 e. The molecule has 1 saturated carbocycles. The average molecular weight is 263 g/mol. The third kappa shape index (κ3) is 4.27. The van der Waals surface area contributed by atoms with E-state index in [4.69, 9.17) is 5.11 Å². The summed E-state index contributed by atoms with van der Waals surface area (Å²) in [6.07, 6.45) is 4.29. The van der Waals surface area contributed by atoms with Crippen LogP contribution in [-0.4, -0.2) is 31.3 Å². The topological polar surface area (TPSA) is 83.5 Å². The standard InChI is InChI=1S/C11H21NO4S/c1-8-3-5-10(6-4-8)7-12-17(15,16)9(2)11(13)14/h8-10,12H,3-7H2,1-2H3,(H,13,14). The molecule has 0 aromatic carbocycles. The van der Waals surface area contributed by atoms with Crippen LogP contribution in [0.3, 0.4) is 0 Å². The van der Waals surface area contributed by atoms with Crippen LogP contribution in [0.4, 0.5) is 0 Å². The number of carbonyl (C=O) groups is 1. The molecule has 0 aromatic rings. The molecule has 1 atom stereocenters. The maximum absolute atomic E-state index is 11.6. The summed E-state index contributed by atoms with van der Waals surface area (Å²) in [5.74, 6) is -0.238. The Kier molecular flexibility index (Phi) is 4.94. The Morgan fingerprint density at radius 1 is 1.35 bits per heavy atom. The lowest BCUT2D eigenvalue weighted by Crippen LogP contribution is -2.40. The number of sulfonamides is 1. The molecule has 0 aromatic heterocycles. The molecule has 0 bridgehead atoms. The van der Waals surface area contributed by atoms with Gasteiger partial charge in [-0.25, -0.2) is 13.1 Å². The molecule has 5 nitrogen and oxygen atoms in total. The molecule has 17 heavy (non-hydrogen) atoms. The van der Waals surface area contributed by atoms with E-state index in [9.17, 15) is 13.2 Å². The molecular weight excluding hydrogens is 242 g/mol. The van der Waals surface area contributed by atoms with Crippen molar-refractivity contribution < 1.29 is 18.3 Å². The van der Waals surface area contributed by atoms with E-state index in [1.54, 1.807) is 0 Å². The Balaban J connectivity index is 2.42. The van der Waals surface area contributed by atoms with Gasteiger partial charge in [-0.1, -0.05) is 19.8 Å². The van der Waals surface area contributed by atoms with Crippen LogP contribution in [0.5, 0.6) is 0 Å². The highest BCUT2D eigenvalue weighted by molar-refractivity contribution is 7.90. The van der Waals surface area contributed by atoms with Crippen LogP contribution in [0, 0.1) is 11.8 Å². The predicted molar refractivity (Wildman–Crippen MR) is 65.1 cm³/mol. The lowest BCUT2D eigenvalue weighted by molar-refractivity contribution is -0.136. The summed E-state index contributed by atoms with van der Waals surface area (Å²) >= 11 is 0. The second-order valence-electron chi connectivity index (χ2n) is 5.00. The SMILES string of the molecule is CC1CCC(CNS(=O)(=O)C(C)C(=O)O)CC1. The van der Waals surface area contributed by atoms with Gasteiger partial charge in [-0.3, -0.25) is 4.79 Å². The van der Waals surface area contributed by atoms with E-state index < -0.39 is 21.2 Å². The number of carboxylic acid groups (broad SMARTS) is 1. The Morgan fingerprint density at radius 2 is 1.88 bits per heavy atom. The van der Waals surface area contributed by atoms with Crippen LogP contribution in [0.15, 0.2) is 0 Å². The number of nitrogens with one attached hydrogen (secondary N) is 1. The van der Waals surface area contributed by atoms with Gasteiger partial charge in [-0.15, -0.1) is 0 Å². The molecule has 1 unspecified atom stereocenters. The zero-order chi connectivity index (χ0) is 13.1. The zero-order valence-corrected chi connectivity index (χ0v) is 11.2. The van der Waals surface area contributed by atoms with Crippen molar-refractivity contribution in [2.45, 2.75) is 44.8 Å². The third-order valence-electron chi connectivity index (χ3n) is 3.52. The Hall–Kier alpha value is -0.620. The van der Waals surface area contributed by atoms with Crippen molar-refractivity contribution in [3.05, 3.63) is 0 Å². The molecule has 0 aliphatic heterocycles. The van der Waals surface area contributed by atoms with Gasteiger partial charge in [0.25, 0.3) is 0 Å². The fourth-order valence-electron chi connectivity index (χ4n) is 2.02. The van der Waals surface area contributed by atoms with E-state index in [1.165, 1.54) is 6.92 Å². The van der Waals surface area contributed by atoms with E-state index in [-0.39, 0.29) is 0 Å². The van der Waals surface area contributed by atoms with Crippen molar-refractivity contribution in [3.8, 4) is 0 Å². The fraction of sp³-hybridized carbons (Fsp3) is 0.909. The van der Waals surface area contributed by atoms with Crippen LogP contribution in [0.25, 0.3) is 0 Å². The van der Waals surface area contributed by atoms with Crippen molar-refractivity contribution >= 4 is 16.0 Å². The van der Waals surface area contributed by atoms with E-state index in [0.717, 1.165) is 31.6 Å². The summed E-state index contributed by atoms with van der Waals surface area (Å²) in [4.78, 5) is 10.6. The molecule has 100 valence electrons. The fourth-order valence-corrected chi connectivity index (χ4v) is 3.01. The molecule has 0 radical (unpaired) electrons. The molecular formula is C11H21NO4S. The Morgan fingerprint density at radius 3 is 2.35 bits per heavy atom. The first kappa shape index (κ1) is 14.4. The average Bonchev–Trinajstić information content (AvgIpc) is 2.27. The van der Waals surface area contributed by atoms with Gasteiger partial charge in [0.1, 0.15) is 0 Å². The monoisotopic (exact) mass is 263 g/mol. The quantitative estimate of drug-likeness (QED) is 0.781. The van der Waals surface area contributed by atoms with Gasteiger partial charge in [-0.05, 0) is 31.6 Å². The molecule has 0 spiro atoms. The second kappa shape index (κ2) is 5.82. The Labute approximate surface area is 103 Å². The minimum Gasteiger partial charge on any atom is -0.480 e.